The summed E-state index contributed by atoms with van der Waals surface area (Å²) >= 11 is 1.16. The van der Waals surface area contributed by atoms with Crippen molar-refractivity contribution in [2.45, 2.75) is 39.3 Å². The lowest BCUT2D eigenvalue weighted by Crippen LogP contribution is -2.44. The topological polar surface area (TPSA) is 109 Å². The van der Waals surface area contributed by atoms with Crippen LogP contribution in [0.3, 0.4) is 0 Å². The van der Waals surface area contributed by atoms with Crippen LogP contribution in [0.1, 0.15) is 26.7 Å². The van der Waals surface area contributed by atoms with Gasteiger partial charge in [-0.15, -0.1) is 0 Å². The number of carbonyl (C=O) groups is 2. The van der Waals surface area contributed by atoms with Crippen molar-refractivity contribution in [1.29, 1.82) is 0 Å². The number of aromatic nitrogens is 3. The Kier molecular flexibility index (Phi) is 6.87. The highest BCUT2D eigenvalue weighted by molar-refractivity contribution is 7.22. The molecule has 1 aliphatic heterocycles. The van der Waals surface area contributed by atoms with E-state index in [4.69, 9.17) is 0 Å². The summed E-state index contributed by atoms with van der Waals surface area (Å²) in [5.41, 5.74) is -0.228. The fourth-order valence-corrected chi connectivity index (χ4v) is 4.84. The van der Waals surface area contributed by atoms with E-state index in [1.807, 2.05) is 18.7 Å². The van der Waals surface area contributed by atoms with Gasteiger partial charge >= 0.3 is 0 Å². The van der Waals surface area contributed by atoms with Crippen LogP contribution >= 0.6 is 11.3 Å². The van der Waals surface area contributed by atoms with Crippen molar-refractivity contribution in [3.63, 3.8) is 0 Å². The molecule has 0 spiro atoms. The van der Waals surface area contributed by atoms with Crippen LogP contribution in [0, 0.1) is 17.6 Å². The quantitative estimate of drug-likeness (QED) is 0.550. The van der Waals surface area contributed by atoms with Crippen LogP contribution in [0.15, 0.2) is 29.3 Å². The number of nitrogens with one attached hydrogen (secondary N) is 2. The van der Waals surface area contributed by atoms with E-state index in [-0.39, 0.29) is 40.4 Å². The Morgan fingerprint density at radius 3 is 2.68 bits per heavy atom. The number of amides is 2. The minimum atomic E-state index is -0.825. The van der Waals surface area contributed by atoms with Crippen LogP contribution in [0.4, 0.5) is 19.6 Å². The number of thiazole rings is 1. The molecule has 2 N–H and O–H groups in total. The van der Waals surface area contributed by atoms with Gasteiger partial charge in [0.2, 0.25) is 11.8 Å². The molecule has 34 heavy (non-hydrogen) atoms. The molecular formula is C22H24F2N6O3S. The fraction of sp³-hybridized carbons (Fsp3) is 0.409. The van der Waals surface area contributed by atoms with Crippen molar-refractivity contribution in [3.05, 3.63) is 46.5 Å². The van der Waals surface area contributed by atoms with E-state index in [1.54, 1.807) is 0 Å². The average Bonchev–Trinajstić information content (AvgIpc) is 3.20. The highest BCUT2D eigenvalue weighted by Gasteiger charge is 2.28. The first-order chi connectivity index (χ1) is 16.2. The molecule has 0 radical (unpaired) electrons. The number of halogens is 2. The van der Waals surface area contributed by atoms with E-state index < -0.39 is 23.1 Å². The van der Waals surface area contributed by atoms with Gasteiger partial charge < -0.3 is 15.5 Å². The Labute approximate surface area is 197 Å². The number of hydrogen-bond donors (Lipinski definition) is 2. The van der Waals surface area contributed by atoms with Gasteiger partial charge in [0.1, 0.15) is 29.2 Å². The van der Waals surface area contributed by atoms with Gasteiger partial charge in [0.05, 0.1) is 5.92 Å². The molecule has 1 aromatic carbocycles. The van der Waals surface area contributed by atoms with Gasteiger partial charge in [-0.25, -0.2) is 13.8 Å². The molecule has 9 nitrogen and oxygen atoms in total. The van der Waals surface area contributed by atoms with E-state index in [0.717, 1.165) is 40.9 Å². The number of piperidine rings is 1. The Balaban J connectivity index is 1.49. The van der Waals surface area contributed by atoms with E-state index in [0.29, 0.717) is 24.3 Å². The molecule has 1 fully saturated rings. The molecule has 3 aromatic rings. The molecule has 0 aliphatic carbocycles. The van der Waals surface area contributed by atoms with Gasteiger partial charge in [0, 0.05) is 30.9 Å². The van der Waals surface area contributed by atoms with Crippen LogP contribution in [0.2, 0.25) is 0 Å². The summed E-state index contributed by atoms with van der Waals surface area (Å²) in [4.78, 5) is 48.3. The first-order valence-corrected chi connectivity index (χ1v) is 11.7. The number of carbonyl (C=O) groups excluding carboxylic acids is 2. The van der Waals surface area contributed by atoms with Crippen LogP contribution in [-0.2, 0) is 16.1 Å². The molecule has 12 heteroatoms. The van der Waals surface area contributed by atoms with E-state index >= 15 is 0 Å². The van der Waals surface area contributed by atoms with Gasteiger partial charge in [-0.3, -0.25) is 19.0 Å². The van der Waals surface area contributed by atoms with Crippen molar-refractivity contribution in [1.82, 2.24) is 19.9 Å². The number of hydrogen-bond acceptors (Lipinski definition) is 7. The molecule has 4 rings (SSSR count). The first kappa shape index (κ1) is 23.7. The molecule has 180 valence electrons. The second kappa shape index (κ2) is 9.84. The van der Waals surface area contributed by atoms with Crippen molar-refractivity contribution in [2.75, 3.05) is 23.3 Å². The summed E-state index contributed by atoms with van der Waals surface area (Å²) in [5, 5.41) is 5.91. The summed E-state index contributed by atoms with van der Waals surface area (Å²) in [7, 11) is 0. The van der Waals surface area contributed by atoms with Crippen LogP contribution in [0.25, 0.3) is 10.3 Å². The zero-order valence-electron chi connectivity index (χ0n) is 18.7. The lowest BCUT2D eigenvalue weighted by Gasteiger charge is -2.32. The van der Waals surface area contributed by atoms with E-state index in [9.17, 15) is 23.2 Å². The summed E-state index contributed by atoms with van der Waals surface area (Å²) in [5.74, 6) is -2.44. The van der Waals surface area contributed by atoms with Crippen molar-refractivity contribution >= 4 is 44.3 Å². The van der Waals surface area contributed by atoms with Gasteiger partial charge in [-0.2, -0.15) is 4.98 Å². The number of nitrogens with zero attached hydrogens (tertiary/aromatic N) is 4. The fourth-order valence-electron chi connectivity index (χ4n) is 3.83. The lowest BCUT2D eigenvalue weighted by atomic mass is 9.97. The summed E-state index contributed by atoms with van der Waals surface area (Å²) < 4.78 is 28.1. The summed E-state index contributed by atoms with van der Waals surface area (Å²) in [6, 6.07) is 2.72. The maximum Gasteiger partial charge on any atom is 0.273 e. The first-order valence-electron chi connectivity index (χ1n) is 10.9. The Morgan fingerprint density at radius 1 is 1.24 bits per heavy atom. The maximum atomic E-state index is 13.3. The van der Waals surface area contributed by atoms with Crippen LogP contribution < -0.4 is 21.1 Å². The third-order valence-corrected chi connectivity index (χ3v) is 6.42. The Bertz CT molecular complexity index is 1270. The smallest absolute Gasteiger partial charge is 0.273 e. The normalized spacial score (nSPS) is 16.1. The second-order valence-electron chi connectivity index (χ2n) is 8.48. The zero-order chi connectivity index (χ0) is 24.4. The molecule has 3 heterocycles. The predicted molar refractivity (Wildman–Crippen MR) is 125 cm³/mol. The van der Waals surface area contributed by atoms with Gasteiger partial charge in [0.15, 0.2) is 10.8 Å². The standard InChI is InChI=1S/C22H24F2N6O3S/c1-12(2)26-20(32)13-4-3-5-29(9-13)22-28-19-18(34-22)21(33)30(11-25-19)10-17(31)27-16-7-14(23)6-15(24)8-16/h6-8,11-13H,3-5,9-10H2,1-2H3,(H,26,32)(H,27,31)/t13-/m0/s1. The molecule has 0 saturated carbocycles. The van der Waals surface area contributed by atoms with E-state index in [2.05, 4.69) is 20.6 Å². The molecule has 2 amide bonds. The SMILES string of the molecule is CC(C)NC(=O)[C@H]1CCCN(c2nc3ncn(CC(=O)Nc4cc(F)cc(F)c4)c(=O)c3s2)C1. The molecule has 0 unspecified atom stereocenters. The summed E-state index contributed by atoms with van der Waals surface area (Å²) in [6.07, 6.45) is 2.83. The van der Waals surface area contributed by atoms with Gasteiger partial charge in [-0.1, -0.05) is 11.3 Å². The Morgan fingerprint density at radius 2 is 1.97 bits per heavy atom. The minimum Gasteiger partial charge on any atom is -0.354 e. The zero-order valence-corrected chi connectivity index (χ0v) is 19.5. The van der Waals surface area contributed by atoms with Crippen LogP contribution in [0.5, 0.6) is 0 Å². The minimum absolute atomic E-state index is 0.00508. The number of rotatable bonds is 6. The largest absolute Gasteiger partial charge is 0.354 e. The number of anilines is 2. The molecular weight excluding hydrogens is 466 g/mol. The third kappa shape index (κ3) is 5.38. The number of fused-ring (bicyclic) bond motifs is 1. The molecule has 1 aliphatic rings. The second-order valence-corrected chi connectivity index (χ2v) is 9.46. The van der Waals surface area contributed by atoms with Gasteiger partial charge in [-0.05, 0) is 38.8 Å². The monoisotopic (exact) mass is 490 g/mol. The molecule has 2 aromatic heterocycles. The van der Waals surface area contributed by atoms with Gasteiger partial charge in [0.25, 0.3) is 5.56 Å². The highest BCUT2D eigenvalue weighted by Crippen LogP contribution is 2.29. The average molecular weight is 491 g/mol. The molecule has 0 bridgehead atoms. The molecule has 1 saturated heterocycles. The highest BCUT2D eigenvalue weighted by atomic mass is 32.1. The van der Waals surface area contributed by atoms with Crippen molar-refractivity contribution in [3.8, 4) is 0 Å². The van der Waals surface area contributed by atoms with Crippen molar-refractivity contribution < 1.29 is 18.4 Å². The number of benzene rings is 1. The lowest BCUT2D eigenvalue weighted by molar-refractivity contribution is -0.125. The third-order valence-electron chi connectivity index (χ3n) is 5.33. The predicted octanol–water partition coefficient (Wildman–Crippen LogP) is 2.51. The van der Waals surface area contributed by atoms with E-state index in [1.165, 1.54) is 6.33 Å². The van der Waals surface area contributed by atoms with Crippen molar-refractivity contribution in [2.24, 2.45) is 5.92 Å². The Hall–Kier alpha value is -3.41. The summed E-state index contributed by atoms with van der Waals surface area (Å²) in [6.45, 7) is 4.67. The van der Waals surface area contributed by atoms with Crippen LogP contribution in [-0.4, -0.2) is 45.5 Å². The molecule has 1 atom stereocenters. The maximum absolute atomic E-state index is 13.3.